The third kappa shape index (κ3) is 4.75. The van der Waals surface area contributed by atoms with Gasteiger partial charge in [-0.3, -0.25) is 4.79 Å². The van der Waals surface area contributed by atoms with Crippen molar-refractivity contribution in [2.75, 3.05) is 14.2 Å². The lowest BCUT2D eigenvalue weighted by Gasteiger charge is -2.14. The highest BCUT2D eigenvalue weighted by Crippen LogP contribution is 2.33. The molecule has 2 aromatic rings. The summed E-state index contributed by atoms with van der Waals surface area (Å²) in [4.78, 5) is 11.7. The highest BCUT2D eigenvalue weighted by atomic mass is 35.5. The number of rotatable bonds is 6. The zero-order chi connectivity index (χ0) is 18.2. The predicted molar refractivity (Wildman–Crippen MR) is 96.4 cm³/mol. The van der Waals surface area contributed by atoms with Gasteiger partial charge in [-0.05, 0) is 29.8 Å². The molecule has 25 heavy (non-hydrogen) atoms. The first-order valence-electron chi connectivity index (χ1n) is 7.47. The van der Waals surface area contributed by atoms with Gasteiger partial charge in [0.2, 0.25) is 0 Å². The number of nitrogens with zero attached hydrogens (tertiary/aromatic N) is 1. The Morgan fingerprint density at radius 1 is 1.28 bits per heavy atom. The van der Waals surface area contributed by atoms with Gasteiger partial charge in [0.05, 0.1) is 7.11 Å². The number of carbonyl (C=O) groups excluding carboxylic acids is 1. The quantitative estimate of drug-likeness (QED) is 0.634. The number of likely N-dealkylation sites (N-methyl/N-ethyl adjacent to an activating group) is 1. The van der Waals surface area contributed by atoms with E-state index in [0.717, 1.165) is 5.56 Å². The molecule has 0 fully saturated rings. The van der Waals surface area contributed by atoms with Crippen molar-refractivity contribution >= 4 is 23.6 Å². The first-order chi connectivity index (χ1) is 12.1. The van der Waals surface area contributed by atoms with E-state index in [-0.39, 0.29) is 5.57 Å². The molecular weight excluding hydrogens is 340 g/mol. The summed E-state index contributed by atoms with van der Waals surface area (Å²) in [6, 6.07) is 14.4. The zero-order valence-electron chi connectivity index (χ0n) is 13.9. The molecule has 0 saturated carbocycles. The third-order valence-corrected chi connectivity index (χ3v) is 3.67. The number of methoxy groups -OCH3 is 1. The maximum Gasteiger partial charge on any atom is 0.261 e. The minimum atomic E-state index is -0.464. The SMILES string of the molecule is CNC(=O)/C(C#N)=C\c1cccc(OC)c1OCc1ccc(Cl)cc1. The summed E-state index contributed by atoms with van der Waals surface area (Å²) in [5, 5.41) is 12.3. The van der Waals surface area contributed by atoms with Gasteiger partial charge in [-0.2, -0.15) is 5.26 Å². The Hall–Kier alpha value is -2.97. The van der Waals surface area contributed by atoms with Crippen LogP contribution in [0.25, 0.3) is 6.08 Å². The van der Waals surface area contributed by atoms with Crippen molar-refractivity contribution in [1.82, 2.24) is 5.32 Å². The van der Waals surface area contributed by atoms with Gasteiger partial charge >= 0.3 is 0 Å². The van der Waals surface area contributed by atoms with E-state index in [1.807, 2.05) is 18.2 Å². The van der Waals surface area contributed by atoms with Crippen LogP contribution in [0, 0.1) is 11.3 Å². The number of hydrogen-bond donors (Lipinski definition) is 1. The van der Waals surface area contributed by atoms with Crippen LogP contribution in [0.5, 0.6) is 11.5 Å². The fourth-order valence-electron chi connectivity index (χ4n) is 2.14. The van der Waals surface area contributed by atoms with Crippen LogP contribution >= 0.6 is 11.6 Å². The number of nitriles is 1. The van der Waals surface area contributed by atoms with Gasteiger partial charge in [-0.15, -0.1) is 0 Å². The van der Waals surface area contributed by atoms with Gasteiger partial charge in [-0.25, -0.2) is 0 Å². The molecule has 2 aromatic carbocycles. The molecule has 1 N–H and O–H groups in total. The van der Waals surface area contributed by atoms with E-state index in [9.17, 15) is 10.1 Å². The number of benzene rings is 2. The maximum absolute atomic E-state index is 11.7. The van der Waals surface area contributed by atoms with E-state index >= 15 is 0 Å². The first kappa shape index (κ1) is 18.4. The number of amides is 1. The smallest absolute Gasteiger partial charge is 0.261 e. The molecule has 6 heteroatoms. The number of ether oxygens (including phenoxy) is 2. The molecule has 0 aliphatic carbocycles. The van der Waals surface area contributed by atoms with Crippen molar-refractivity contribution < 1.29 is 14.3 Å². The number of halogens is 1. The highest BCUT2D eigenvalue weighted by molar-refractivity contribution is 6.30. The van der Waals surface area contributed by atoms with Crippen molar-refractivity contribution in [1.29, 1.82) is 5.26 Å². The van der Waals surface area contributed by atoms with Gasteiger partial charge in [0.1, 0.15) is 18.2 Å². The van der Waals surface area contributed by atoms with Crippen molar-refractivity contribution in [2.45, 2.75) is 6.61 Å². The Kier molecular flexibility index (Phi) is 6.44. The molecule has 0 spiro atoms. The van der Waals surface area contributed by atoms with Crippen LogP contribution in [0.1, 0.15) is 11.1 Å². The van der Waals surface area contributed by atoms with Gasteiger partial charge in [0, 0.05) is 17.6 Å². The number of para-hydroxylation sites is 1. The molecular formula is C19H17ClN2O3. The van der Waals surface area contributed by atoms with Crippen LogP contribution in [0.2, 0.25) is 5.02 Å². The molecule has 0 bridgehead atoms. The summed E-state index contributed by atoms with van der Waals surface area (Å²) in [6.45, 7) is 0.292. The summed E-state index contributed by atoms with van der Waals surface area (Å²) in [5.74, 6) is 0.502. The number of nitrogens with one attached hydrogen (secondary N) is 1. The molecule has 0 heterocycles. The van der Waals surface area contributed by atoms with Crippen LogP contribution in [0.15, 0.2) is 48.0 Å². The first-order valence-corrected chi connectivity index (χ1v) is 7.85. The van der Waals surface area contributed by atoms with Crippen molar-refractivity contribution in [3.63, 3.8) is 0 Å². The van der Waals surface area contributed by atoms with Crippen LogP contribution in [0.3, 0.4) is 0 Å². The predicted octanol–water partition coefficient (Wildman–Crippen LogP) is 3.58. The lowest BCUT2D eigenvalue weighted by atomic mass is 10.1. The molecule has 0 aliphatic rings. The molecule has 0 unspecified atom stereocenters. The average Bonchev–Trinajstić information content (AvgIpc) is 2.65. The monoisotopic (exact) mass is 356 g/mol. The lowest BCUT2D eigenvalue weighted by Crippen LogP contribution is -2.19. The minimum absolute atomic E-state index is 0.0212. The van der Waals surface area contributed by atoms with E-state index in [1.54, 1.807) is 30.3 Å². The van der Waals surface area contributed by atoms with Gasteiger partial charge in [-0.1, -0.05) is 35.9 Å². The highest BCUT2D eigenvalue weighted by Gasteiger charge is 2.13. The van der Waals surface area contributed by atoms with Gasteiger partial charge in [0.15, 0.2) is 11.5 Å². The molecule has 5 nitrogen and oxygen atoms in total. The second-order valence-electron chi connectivity index (χ2n) is 5.04. The van der Waals surface area contributed by atoms with Gasteiger partial charge < -0.3 is 14.8 Å². The van der Waals surface area contributed by atoms with Crippen LogP contribution in [-0.4, -0.2) is 20.1 Å². The summed E-state index contributed by atoms with van der Waals surface area (Å²) in [7, 11) is 3.00. The van der Waals surface area contributed by atoms with E-state index in [4.69, 9.17) is 21.1 Å². The normalized spacial score (nSPS) is 10.7. The number of carbonyl (C=O) groups is 1. The van der Waals surface area contributed by atoms with Crippen LogP contribution in [0.4, 0.5) is 0 Å². The molecule has 0 aromatic heterocycles. The van der Waals surface area contributed by atoms with E-state index in [1.165, 1.54) is 20.2 Å². The van der Waals surface area contributed by atoms with Crippen molar-refractivity contribution in [3.05, 3.63) is 64.2 Å². The Labute approximate surface area is 151 Å². The van der Waals surface area contributed by atoms with Crippen molar-refractivity contribution in [3.8, 4) is 17.6 Å². The fourth-order valence-corrected chi connectivity index (χ4v) is 2.26. The summed E-state index contributed by atoms with van der Waals surface area (Å²) >= 11 is 5.88. The Morgan fingerprint density at radius 3 is 2.60 bits per heavy atom. The molecule has 0 saturated heterocycles. The largest absolute Gasteiger partial charge is 0.493 e. The topological polar surface area (TPSA) is 71.4 Å². The second kappa shape index (κ2) is 8.76. The van der Waals surface area contributed by atoms with E-state index < -0.39 is 5.91 Å². The maximum atomic E-state index is 11.7. The molecule has 0 atom stereocenters. The summed E-state index contributed by atoms with van der Waals surface area (Å²) in [5.41, 5.74) is 1.48. The van der Waals surface area contributed by atoms with E-state index in [2.05, 4.69) is 5.32 Å². The minimum Gasteiger partial charge on any atom is -0.493 e. The fraction of sp³-hybridized carbons (Fsp3) is 0.158. The van der Waals surface area contributed by atoms with Crippen molar-refractivity contribution in [2.24, 2.45) is 0 Å². The lowest BCUT2D eigenvalue weighted by molar-refractivity contribution is -0.116. The average molecular weight is 357 g/mol. The van der Waals surface area contributed by atoms with Crippen LogP contribution < -0.4 is 14.8 Å². The molecule has 0 radical (unpaired) electrons. The standard InChI is InChI=1S/C19H17ClN2O3/c1-22-19(23)15(11-21)10-14-4-3-5-17(24-2)18(14)25-12-13-6-8-16(20)9-7-13/h3-10H,12H2,1-2H3,(H,22,23)/b15-10-. The molecule has 128 valence electrons. The second-order valence-corrected chi connectivity index (χ2v) is 5.48. The van der Waals surface area contributed by atoms with Gasteiger partial charge in [0.25, 0.3) is 5.91 Å². The molecule has 2 rings (SSSR count). The summed E-state index contributed by atoms with van der Waals surface area (Å²) < 4.78 is 11.2. The Bertz CT molecular complexity index is 824. The van der Waals surface area contributed by atoms with Crippen LogP contribution in [-0.2, 0) is 11.4 Å². The number of hydrogen-bond acceptors (Lipinski definition) is 4. The molecule has 1 amide bonds. The molecule has 0 aliphatic heterocycles. The Morgan fingerprint density at radius 2 is 2.00 bits per heavy atom. The third-order valence-electron chi connectivity index (χ3n) is 3.42. The Balaban J connectivity index is 2.35. The zero-order valence-corrected chi connectivity index (χ0v) is 14.6. The summed E-state index contributed by atoms with van der Waals surface area (Å²) in [6.07, 6.45) is 1.47. The van der Waals surface area contributed by atoms with E-state index in [0.29, 0.717) is 28.7 Å².